The average molecular weight is 448 g/mol. The summed E-state index contributed by atoms with van der Waals surface area (Å²) in [7, 11) is 3.16. The molecule has 2 aromatic rings. The van der Waals surface area contributed by atoms with Crippen LogP contribution in [-0.2, 0) is 9.59 Å². The first-order chi connectivity index (χ1) is 15.8. The zero-order valence-electron chi connectivity index (χ0n) is 19.6. The van der Waals surface area contributed by atoms with Crippen LogP contribution in [0, 0.1) is 12.8 Å². The van der Waals surface area contributed by atoms with Crippen molar-refractivity contribution in [3.63, 3.8) is 0 Å². The number of rotatable bonds is 5. The van der Waals surface area contributed by atoms with Crippen LogP contribution in [0.2, 0.25) is 0 Å². The van der Waals surface area contributed by atoms with E-state index in [9.17, 15) is 9.59 Å². The molecule has 0 bridgehead atoms. The number of anilines is 1. The van der Waals surface area contributed by atoms with E-state index in [0.29, 0.717) is 40.6 Å². The standard InChI is InChI=1S/C26H29N3O4/c1-14-6-9-22(27-13-14)29-26(31)23-16(3)28-19-10-15(2)11-20(30)25(19)24(23)18-8-7-17(32-4)12-21(18)33-5/h6-9,12-13,15,24,28H,10-11H2,1-5H3,(H,27,29,31)/t15-,24-/m0/s1. The lowest BCUT2D eigenvalue weighted by atomic mass is 9.73. The van der Waals surface area contributed by atoms with Crippen LogP contribution >= 0.6 is 0 Å². The number of carbonyl (C=O) groups excluding carboxylic acids is 2. The van der Waals surface area contributed by atoms with Crippen molar-refractivity contribution >= 4 is 17.5 Å². The number of ether oxygens (including phenoxy) is 2. The number of allylic oxidation sites excluding steroid dienone is 3. The fraction of sp³-hybridized carbons (Fsp3) is 0.346. The lowest BCUT2D eigenvalue weighted by Crippen LogP contribution is -2.37. The zero-order valence-corrected chi connectivity index (χ0v) is 19.6. The van der Waals surface area contributed by atoms with Crippen LogP contribution in [0.15, 0.2) is 59.1 Å². The predicted octanol–water partition coefficient (Wildman–Crippen LogP) is 4.26. The van der Waals surface area contributed by atoms with Gasteiger partial charge in [0, 0.05) is 46.8 Å². The van der Waals surface area contributed by atoms with Crippen molar-refractivity contribution in [2.45, 2.75) is 39.5 Å². The van der Waals surface area contributed by atoms with Crippen LogP contribution in [0.1, 0.15) is 43.7 Å². The summed E-state index contributed by atoms with van der Waals surface area (Å²) in [6, 6.07) is 9.12. The van der Waals surface area contributed by atoms with Gasteiger partial charge in [-0.15, -0.1) is 0 Å². The highest BCUT2D eigenvalue weighted by Crippen LogP contribution is 2.46. The van der Waals surface area contributed by atoms with E-state index >= 15 is 0 Å². The third kappa shape index (κ3) is 4.35. The van der Waals surface area contributed by atoms with Gasteiger partial charge in [-0.3, -0.25) is 9.59 Å². The zero-order chi connectivity index (χ0) is 23.7. The van der Waals surface area contributed by atoms with Crippen LogP contribution in [0.4, 0.5) is 5.82 Å². The molecule has 0 radical (unpaired) electrons. The van der Waals surface area contributed by atoms with Crippen LogP contribution in [0.25, 0.3) is 0 Å². The van der Waals surface area contributed by atoms with Crippen molar-refractivity contribution in [2.75, 3.05) is 19.5 Å². The normalized spacial score (nSPS) is 20.2. The molecule has 7 heteroatoms. The van der Waals surface area contributed by atoms with Gasteiger partial charge in [0.05, 0.1) is 20.1 Å². The SMILES string of the molecule is COc1ccc([C@H]2C(C(=O)Nc3ccc(C)cn3)=C(C)NC3=C2C(=O)C[C@@H](C)C3)c(OC)c1. The Bertz CT molecular complexity index is 1160. The molecule has 0 saturated carbocycles. The van der Waals surface area contributed by atoms with Crippen molar-refractivity contribution < 1.29 is 19.1 Å². The molecule has 1 aliphatic carbocycles. The van der Waals surface area contributed by atoms with Gasteiger partial charge in [-0.25, -0.2) is 4.98 Å². The number of aryl methyl sites for hydroxylation is 1. The molecule has 0 spiro atoms. The summed E-state index contributed by atoms with van der Waals surface area (Å²) in [5.74, 6) is 1.07. The summed E-state index contributed by atoms with van der Waals surface area (Å²) in [6.45, 7) is 5.87. The monoisotopic (exact) mass is 447 g/mol. The number of benzene rings is 1. The molecule has 2 atom stereocenters. The van der Waals surface area contributed by atoms with E-state index in [2.05, 4.69) is 22.5 Å². The maximum Gasteiger partial charge on any atom is 0.255 e. The number of methoxy groups -OCH3 is 2. The Labute approximate surface area is 193 Å². The number of carbonyl (C=O) groups is 2. The topological polar surface area (TPSA) is 89.5 Å². The molecular formula is C26H29N3O4. The molecule has 4 rings (SSSR count). The van der Waals surface area contributed by atoms with Crippen molar-refractivity contribution in [3.8, 4) is 11.5 Å². The van der Waals surface area contributed by atoms with E-state index in [4.69, 9.17) is 9.47 Å². The second kappa shape index (κ2) is 9.10. The Kier molecular flexibility index (Phi) is 6.22. The first-order valence-electron chi connectivity index (χ1n) is 11.0. The van der Waals surface area contributed by atoms with E-state index in [1.165, 1.54) is 0 Å². The summed E-state index contributed by atoms with van der Waals surface area (Å²) in [5.41, 5.74) is 4.44. The lowest BCUT2D eigenvalue weighted by molar-refractivity contribution is -0.117. The molecule has 0 saturated heterocycles. The number of amides is 1. The smallest absolute Gasteiger partial charge is 0.255 e. The number of hydrogen-bond donors (Lipinski definition) is 2. The van der Waals surface area contributed by atoms with Crippen LogP contribution in [0.3, 0.4) is 0 Å². The molecule has 1 amide bonds. The number of hydrogen-bond acceptors (Lipinski definition) is 6. The van der Waals surface area contributed by atoms with Crippen molar-refractivity contribution in [1.29, 1.82) is 0 Å². The molecule has 1 aromatic carbocycles. The summed E-state index contributed by atoms with van der Waals surface area (Å²) >= 11 is 0. The van der Waals surface area contributed by atoms with Crippen LogP contribution in [0.5, 0.6) is 11.5 Å². The molecule has 7 nitrogen and oxygen atoms in total. The van der Waals surface area contributed by atoms with Gasteiger partial charge < -0.3 is 20.1 Å². The third-order valence-corrected chi connectivity index (χ3v) is 6.18. The number of Topliss-reactive ketones (excluding diaryl/α,β-unsaturated/α-hetero) is 1. The Morgan fingerprint density at radius 1 is 1.12 bits per heavy atom. The molecule has 2 aliphatic rings. The van der Waals surface area contributed by atoms with Gasteiger partial charge in [0.25, 0.3) is 5.91 Å². The van der Waals surface area contributed by atoms with Gasteiger partial charge >= 0.3 is 0 Å². The first kappa shape index (κ1) is 22.6. The van der Waals surface area contributed by atoms with Gasteiger partial charge in [-0.1, -0.05) is 19.1 Å². The van der Waals surface area contributed by atoms with Gasteiger partial charge in [0.2, 0.25) is 0 Å². The summed E-state index contributed by atoms with van der Waals surface area (Å²) < 4.78 is 11.0. The number of pyridine rings is 1. The highest BCUT2D eigenvalue weighted by atomic mass is 16.5. The van der Waals surface area contributed by atoms with Crippen molar-refractivity contribution in [2.24, 2.45) is 5.92 Å². The van der Waals surface area contributed by atoms with E-state index < -0.39 is 5.92 Å². The molecule has 2 N–H and O–H groups in total. The summed E-state index contributed by atoms with van der Waals surface area (Å²) in [4.78, 5) is 31.2. The first-order valence-corrected chi connectivity index (χ1v) is 11.0. The minimum absolute atomic E-state index is 0.0467. The molecule has 172 valence electrons. The molecule has 1 aliphatic heterocycles. The fourth-order valence-electron chi connectivity index (χ4n) is 4.63. The summed E-state index contributed by atoms with van der Waals surface area (Å²) in [5, 5.41) is 6.26. The van der Waals surface area contributed by atoms with Gasteiger partial charge in [0.15, 0.2) is 5.78 Å². The van der Waals surface area contributed by atoms with Gasteiger partial charge in [-0.2, -0.15) is 0 Å². The predicted molar refractivity (Wildman–Crippen MR) is 126 cm³/mol. The Hall–Kier alpha value is -3.61. The number of aromatic nitrogens is 1. The highest BCUT2D eigenvalue weighted by Gasteiger charge is 2.41. The van der Waals surface area contributed by atoms with Crippen molar-refractivity contribution in [1.82, 2.24) is 10.3 Å². The fourth-order valence-corrected chi connectivity index (χ4v) is 4.63. The highest BCUT2D eigenvalue weighted by molar-refractivity contribution is 6.09. The minimum Gasteiger partial charge on any atom is -0.497 e. The van der Waals surface area contributed by atoms with Crippen molar-refractivity contribution in [3.05, 3.63) is 70.2 Å². The molecular weight excluding hydrogens is 418 g/mol. The molecule has 0 fully saturated rings. The quantitative estimate of drug-likeness (QED) is 0.712. The lowest BCUT2D eigenvalue weighted by Gasteiger charge is -2.36. The Morgan fingerprint density at radius 3 is 2.58 bits per heavy atom. The second-order valence-electron chi connectivity index (χ2n) is 8.71. The van der Waals surface area contributed by atoms with Gasteiger partial charge in [-0.05, 0) is 43.9 Å². The molecule has 2 heterocycles. The Morgan fingerprint density at radius 2 is 1.91 bits per heavy atom. The molecule has 1 aromatic heterocycles. The maximum absolute atomic E-state index is 13.6. The third-order valence-electron chi connectivity index (χ3n) is 6.18. The number of ketones is 1. The number of nitrogens with one attached hydrogen (secondary N) is 2. The van der Waals surface area contributed by atoms with Crippen LogP contribution < -0.4 is 20.1 Å². The molecule has 33 heavy (non-hydrogen) atoms. The van der Waals surface area contributed by atoms with E-state index in [-0.39, 0.29) is 17.6 Å². The van der Waals surface area contributed by atoms with E-state index in [0.717, 1.165) is 23.2 Å². The van der Waals surface area contributed by atoms with Crippen LogP contribution in [-0.4, -0.2) is 30.9 Å². The van der Waals surface area contributed by atoms with Gasteiger partial charge in [0.1, 0.15) is 17.3 Å². The average Bonchev–Trinajstić information content (AvgIpc) is 2.78. The number of nitrogens with zero attached hydrogens (tertiary/aromatic N) is 1. The summed E-state index contributed by atoms with van der Waals surface area (Å²) in [6.07, 6.45) is 2.90. The molecule has 0 unspecified atom stereocenters. The van der Waals surface area contributed by atoms with E-state index in [1.807, 2.05) is 32.0 Å². The minimum atomic E-state index is -0.562. The second-order valence-corrected chi connectivity index (χ2v) is 8.71. The van der Waals surface area contributed by atoms with E-state index in [1.54, 1.807) is 32.5 Å². The Balaban J connectivity index is 1.84. The largest absolute Gasteiger partial charge is 0.497 e. The number of dihydropyridines is 1. The maximum atomic E-state index is 13.6.